The van der Waals surface area contributed by atoms with Crippen LogP contribution in [0.2, 0.25) is 0 Å². The molecule has 0 saturated carbocycles. The van der Waals surface area contributed by atoms with E-state index in [9.17, 15) is 13.6 Å². The quantitative estimate of drug-likeness (QED) is 0.563. The number of hydrogen-bond donors (Lipinski definition) is 2. The van der Waals surface area contributed by atoms with Crippen LogP contribution < -0.4 is 15.8 Å². The molecule has 0 aliphatic carbocycles. The number of benzene rings is 2. The third-order valence-corrected chi connectivity index (χ3v) is 3.28. The van der Waals surface area contributed by atoms with E-state index < -0.39 is 17.6 Å². The van der Waals surface area contributed by atoms with Gasteiger partial charge in [0.15, 0.2) is 11.3 Å². The van der Waals surface area contributed by atoms with Crippen LogP contribution in [0.25, 0.3) is 11.1 Å². The lowest BCUT2D eigenvalue weighted by Gasteiger charge is -2.08. The average molecular weight is 333 g/mol. The van der Waals surface area contributed by atoms with E-state index in [1.54, 1.807) is 6.07 Å². The Morgan fingerprint density at radius 3 is 2.83 bits per heavy atom. The number of aromatic nitrogens is 1. The number of rotatable bonds is 4. The van der Waals surface area contributed by atoms with Crippen LogP contribution in [0.15, 0.2) is 34.7 Å². The number of nitrogens with one attached hydrogen (secondary N) is 1. The fourth-order valence-electron chi connectivity index (χ4n) is 2.23. The molecule has 0 spiro atoms. The summed E-state index contributed by atoms with van der Waals surface area (Å²) in [5.74, 6) is -2.23. The average Bonchev–Trinajstić information content (AvgIpc) is 2.93. The van der Waals surface area contributed by atoms with Crippen LogP contribution in [-0.2, 0) is 11.3 Å². The van der Waals surface area contributed by atoms with Crippen LogP contribution in [0.4, 0.5) is 20.5 Å². The molecule has 0 aliphatic heterocycles. The largest absolute Gasteiger partial charge is 0.423 e. The number of halogens is 2. The molecule has 0 radical (unpaired) electrons. The van der Waals surface area contributed by atoms with Crippen LogP contribution in [0.1, 0.15) is 12.5 Å². The molecular weight excluding hydrogens is 320 g/mol. The van der Waals surface area contributed by atoms with Gasteiger partial charge in [-0.05, 0) is 24.3 Å². The van der Waals surface area contributed by atoms with Gasteiger partial charge in [-0.25, -0.2) is 4.39 Å². The van der Waals surface area contributed by atoms with E-state index in [4.69, 9.17) is 14.9 Å². The lowest BCUT2D eigenvalue weighted by molar-refractivity contribution is -0.132. The van der Waals surface area contributed by atoms with Crippen LogP contribution in [0.5, 0.6) is 5.75 Å². The zero-order valence-corrected chi connectivity index (χ0v) is 12.6. The summed E-state index contributed by atoms with van der Waals surface area (Å²) in [6.07, 6.45) is 0. The van der Waals surface area contributed by atoms with Gasteiger partial charge in [0.1, 0.15) is 11.3 Å². The second kappa shape index (κ2) is 6.25. The molecule has 6 nitrogen and oxygen atoms in total. The zero-order chi connectivity index (χ0) is 17.3. The highest BCUT2D eigenvalue weighted by Gasteiger charge is 2.17. The van der Waals surface area contributed by atoms with E-state index in [1.807, 2.05) is 0 Å². The number of carbonyl (C=O) groups is 1. The fourth-order valence-corrected chi connectivity index (χ4v) is 2.23. The first-order valence-corrected chi connectivity index (χ1v) is 7.01. The smallest absolute Gasteiger partial charge is 0.308 e. The number of hydrogen-bond acceptors (Lipinski definition) is 6. The van der Waals surface area contributed by atoms with E-state index in [0.717, 1.165) is 6.92 Å². The van der Waals surface area contributed by atoms with Gasteiger partial charge in [0, 0.05) is 24.7 Å². The molecule has 0 aliphatic rings. The van der Waals surface area contributed by atoms with Crippen LogP contribution in [0.3, 0.4) is 0 Å². The van der Waals surface area contributed by atoms with E-state index >= 15 is 0 Å². The summed E-state index contributed by atoms with van der Waals surface area (Å²) in [4.78, 5) is 15.0. The van der Waals surface area contributed by atoms with Crippen molar-refractivity contribution in [3.05, 3.63) is 47.5 Å². The first-order chi connectivity index (χ1) is 11.5. The van der Waals surface area contributed by atoms with Gasteiger partial charge in [0.2, 0.25) is 5.82 Å². The molecule has 0 saturated heterocycles. The minimum Gasteiger partial charge on any atom is -0.423 e. The lowest BCUT2D eigenvalue weighted by atomic mass is 10.1. The Morgan fingerprint density at radius 1 is 1.33 bits per heavy atom. The number of oxazole rings is 1. The Morgan fingerprint density at radius 2 is 2.12 bits per heavy atom. The normalized spacial score (nSPS) is 10.8. The van der Waals surface area contributed by atoms with Crippen molar-refractivity contribution in [2.45, 2.75) is 13.5 Å². The number of anilines is 2. The Kier molecular flexibility index (Phi) is 4.13. The van der Waals surface area contributed by atoms with Crippen LogP contribution in [0, 0.1) is 11.6 Å². The van der Waals surface area contributed by atoms with E-state index in [-0.39, 0.29) is 35.0 Å². The van der Waals surface area contributed by atoms with E-state index in [2.05, 4.69) is 10.3 Å². The van der Waals surface area contributed by atoms with Crippen molar-refractivity contribution in [2.24, 2.45) is 5.73 Å². The number of ether oxygens (including phenoxy) is 1. The first kappa shape index (κ1) is 15.9. The van der Waals surface area contributed by atoms with Crippen molar-refractivity contribution in [3.63, 3.8) is 0 Å². The number of esters is 1. The molecule has 3 N–H and O–H groups in total. The van der Waals surface area contributed by atoms with Gasteiger partial charge in [-0.15, -0.1) is 0 Å². The van der Waals surface area contributed by atoms with Crippen molar-refractivity contribution < 1.29 is 22.7 Å². The molecule has 3 aromatic rings. The highest BCUT2D eigenvalue weighted by Crippen LogP contribution is 2.30. The summed E-state index contributed by atoms with van der Waals surface area (Å²) >= 11 is 0. The van der Waals surface area contributed by atoms with Crippen LogP contribution >= 0.6 is 0 Å². The van der Waals surface area contributed by atoms with Gasteiger partial charge in [0.05, 0.1) is 0 Å². The molecule has 0 atom stereocenters. The molecule has 1 aromatic heterocycles. The summed E-state index contributed by atoms with van der Waals surface area (Å²) in [5, 5.41) is 2.77. The molecule has 0 amide bonds. The van der Waals surface area contributed by atoms with Crippen molar-refractivity contribution in [2.75, 3.05) is 5.32 Å². The number of carbonyl (C=O) groups excluding carboxylic acids is 1. The summed E-state index contributed by atoms with van der Waals surface area (Å²) in [6, 6.07) is 7.06. The molecule has 8 heteroatoms. The maximum Gasteiger partial charge on any atom is 0.308 e. The van der Waals surface area contributed by atoms with Gasteiger partial charge < -0.3 is 20.2 Å². The predicted molar refractivity (Wildman–Crippen MR) is 82.9 cm³/mol. The van der Waals surface area contributed by atoms with Crippen molar-refractivity contribution in [1.82, 2.24) is 4.98 Å². The molecule has 24 heavy (non-hydrogen) atoms. The monoisotopic (exact) mass is 333 g/mol. The third-order valence-electron chi connectivity index (χ3n) is 3.28. The second-order valence-corrected chi connectivity index (χ2v) is 4.93. The molecule has 0 bridgehead atoms. The standard InChI is InChI=1S/C16H13F2N3O3/c1-8(22)23-13-6-5-12-15(14(13)18)24-16(21-12)20-11-4-2-3-10(17)9(11)7-19/h2-6H,7,19H2,1H3,(H,20,21). The minimum absolute atomic E-state index is 0.0276. The van der Waals surface area contributed by atoms with Gasteiger partial charge >= 0.3 is 5.97 Å². The highest BCUT2D eigenvalue weighted by atomic mass is 19.1. The first-order valence-electron chi connectivity index (χ1n) is 7.01. The number of fused-ring (bicyclic) bond motifs is 1. The summed E-state index contributed by atoms with van der Waals surface area (Å²) in [7, 11) is 0. The van der Waals surface area contributed by atoms with Crippen LogP contribution in [-0.4, -0.2) is 11.0 Å². The molecular formula is C16H13F2N3O3. The molecule has 0 fully saturated rings. The van der Waals surface area contributed by atoms with Gasteiger partial charge in [0.25, 0.3) is 6.01 Å². The predicted octanol–water partition coefficient (Wildman–Crippen LogP) is 3.23. The Hall–Kier alpha value is -3.00. The molecule has 2 aromatic carbocycles. The van der Waals surface area contributed by atoms with Gasteiger partial charge in [-0.3, -0.25) is 4.79 Å². The minimum atomic E-state index is -0.846. The Balaban J connectivity index is 1.99. The molecule has 1 heterocycles. The second-order valence-electron chi connectivity index (χ2n) is 4.93. The molecule has 124 valence electrons. The summed E-state index contributed by atoms with van der Waals surface area (Å²) in [6.45, 7) is 1.13. The van der Waals surface area contributed by atoms with Crippen molar-refractivity contribution in [3.8, 4) is 5.75 Å². The van der Waals surface area contributed by atoms with E-state index in [0.29, 0.717) is 5.69 Å². The maximum absolute atomic E-state index is 14.3. The fraction of sp³-hybridized carbons (Fsp3) is 0.125. The molecule has 3 rings (SSSR count). The molecule has 0 unspecified atom stereocenters. The van der Waals surface area contributed by atoms with E-state index in [1.165, 1.54) is 24.3 Å². The van der Waals surface area contributed by atoms with Crippen molar-refractivity contribution in [1.29, 1.82) is 0 Å². The summed E-state index contributed by atoms with van der Waals surface area (Å²) < 4.78 is 38.0. The number of nitrogens with two attached hydrogens (primary N) is 1. The van der Waals surface area contributed by atoms with Gasteiger partial charge in [-0.1, -0.05) is 6.07 Å². The lowest BCUT2D eigenvalue weighted by Crippen LogP contribution is -2.04. The summed E-state index contributed by atoms with van der Waals surface area (Å²) in [5.41, 5.74) is 6.19. The van der Waals surface area contributed by atoms with Gasteiger partial charge in [-0.2, -0.15) is 9.37 Å². The third kappa shape index (κ3) is 2.91. The Bertz CT molecular complexity index is 924. The van der Waals surface area contributed by atoms with Crippen molar-refractivity contribution >= 4 is 28.8 Å². The maximum atomic E-state index is 14.3. The zero-order valence-electron chi connectivity index (χ0n) is 12.6. The Labute approximate surface area is 135 Å². The highest BCUT2D eigenvalue weighted by molar-refractivity contribution is 5.79. The number of nitrogens with zero attached hydrogens (tertiary/aromatic N) is 1. The SMILES string of the molecule is CC(=O)Oc1ccc2nc(Nc3cccc(F)c3CN)oc2c1F. The topological polar surface area (TPSA) is 90.4 Å².